The Balaban J connectivity index is 1.95. The lowest BCUT2D eigenvalue weighted by Crippen LogP contribution is -2.47. The van der Waals surface area contributed by atoms with E-state index in [4.69, 9.17) is 0 Å². The molecule has 4 atom stereocenters. The molecule has 2 nitrogen and oxygen atoms in total. The zero-order valence-electron chi connectivity index (χ0n) is 9.17. The zero-order valence-corrected chi connectivity index (χ0v) is 9.17. The predicted octanol–water partition coefficient (Wildman–Crippen LogP) is 2.13. The normalized spacial score (nSPS) is 37.7. The second kappa shape index (κ2) is 3.70. The molecule has 84 valence electrons. The van der Waals surface area contributed by atoms with Crippen molar-refractivity contribution in [1.82, 2.24) is 0 Å². The van der Waals surface area contributed by atoms with Gasteiger partial charge in [0.2, 0.25) is 0 Å². The third kappa shape index (κ3) is 1.40. The smallest absolute Gasteiger partial charge is 0.138 e. The van der Waals surface area contributed by atoms with Crippen molar-refractivity contribution in [3.8, 4) is 0 Å². The summed E-state index contributed by atoms with van der Waals surface area (Å²) < 4.78 is 0. The van der Waals surface area contributed by atoms with E-state index in [1.807, 2.05) is 18.2 Å². The molecule has 0 radical (unpaired) electrons. The lowest BCUT2D eigenvalue weighted by molar-refractivity contribution is -0.138. The van der Waals surface area contributed by atoms with Crippen molar-refractivity contribution >= 4 is 5.78 Å². The summed E-state index contributed by atoms with van der Waals surface area (Å²) in [6.45, 7) is 0. The van der Waals surface area contributed by atoms with Gasteiger partial charge in [0.1, 0.15) is 5.78 Å². The summed E-state index contributed by atoms with van der Waals surface area (Å²) in [6.07, 6.45) is 2.19. The highest BCUT2D eigenvalue weighted by Gasteiger charge is 2.47. The Morgan fingerprint density at radius 1 is 1.12 bits per heavy atom. The van der Waals surface area contributed by atoms with E-state index >= 15 is 0 Å². The van der Waals surface area contributed by atoms with Crippen LogP contribution in [0.15, 0.2) is 30.3 Å². The van der Waals surface area contributed by atoms with Crippen LogP contribution >= 0.6 is 0 Å². The average molecular weight is 216 g/mol. The maximum atomic E-state index is 11.7. The molecule has 0 spiro atoms. The van der Waals surface area contributed by atoms with Crippen molar-refractivity contribution in [2.24, 2.45) is 11.8 Å². The van der Waals surface area contributed by atoms with Gasteiger partial charge in [-0.2, -0.15) is 0 Å². The summed E-state index contributed by atoms with van der Waals surface area (Å²) in [4.78, 5) is 11.7. The van der Waals surface area contributed by atoms with Crippen LogP contribution in [0.1, 0.15) is 30.7 Å². The van der Waals surface area contributed by atoms with Gasteiger partial charge in [0.15, 0.2) is 0 Å². The van der Waals surface area contributed by atoms with E-state index in [-0.39, 0.29) is 17.6 Å². The minimum absolute atomic E-state index is 0.102. The number of carbonyl (C=O) groups excluding carboxylic acids is 1. The Morgan fingerprint density at radius 3 is 2.50 bits per heavy atom. The number of ketones is 1. The molecular formula is C14H16O2. The molecule has 3 saturated carbocycles. The minimum Gasteiger partial charge on any atom is -0.392 e. The van der Waals surface area contributed by atoms with E-state index in [1.54, 1.807) is 0 Å². The van der Waals surface area contributed by atoms with Crippen LogP contribution in [0.2, 0.25) is 0 Å². The molecule has 1 aromatic carbocycles. The molecule has 2 bridgehead atoms. The first-order chi connectivity index (χ1) is 7.77. The molecule has 0 heterocycles. The van der Waals surface area contributed by atoms with Crippen LogP contribution < -0.4 is 0 Å². The average Bonchev–Trinajstić information content (AvgIpc) is 2.30. The van der Waals surface area contributed by atoms with Gasteiger partial charge in [0, 0.05) is 18.3 Å². The summed E-state index contributed by atoms with van der Waals surface area (Å²) in [5.41, 5.74) is 1.19. The van der Waals surface area contributed by atoms with Gasteiger partial charge < -0.3 is 5.11 Å². The number of benzene rings is 1. The number of hydrogen-bond donors (Lipinski definition) is 1. The van der Waals surface area contributed by atoms with Gasteiger partial charge in [-0.05, 0) is 24.3 Å². The fourth-order valence-corrected chi connectivity index (χ4v) is 3.41. The highest BCUT2D eigenvalue weighted by molar-refractivity contribution is 5.84. The van der Waals surface area contributed by atoms with Crippen LogP contribution in [-0.4, -0.2) is 17.0 Å². The van der Waals surface area contributed by atoms with Gasteiger partial charge in [-0.25, -0.2) is 0 Å². The second-order valence-corrected chi connectivity index (χ2v) is 5.04. The van der Waals surface area contributed by atoms with Crippen molar-refractivity contribution in [2.45, 2.75) is 31.3 Å². The van der Waals surface area contributed by atoms with Crippen LogP contribution in [0.3, 0.4) is 0 Å². The lowest BCUT2D eigenvalue weighted by atomic mass is 9.60. The van der Waals surface area contributed by atoms with E-state index in [9.17, 15) is 9.90 Å². The summed E-state index contributed by atoms with van der Waals surface area (Å²) in [6, 6.07) is 10.1. The van der Waals surface area contributed by atoms with E-state index in [1.165, 1.54) is 5.56 Å². The minimum atomic E-state index is -0.456. The van der Waals surface area contributed by atoms with E-state index in [0.29, 0.717) is 12.3 Å². The van der Waals surface area contributed by atoms with Gasteiger partial charge in [-0.15, -0.1) is 0 Å². The van der Waals surface area contributed by atoms with E-state index in [2.05, 4.69) is 12.1 Å². The van der Waals surface area contributed by atoms with Crippen LogP contribution in [0, 0.1) is 11.8 Å². The van der Waals surface area contributed by atoms with E-state index in [0.717, 1.165) is 12.8 Å². The van der Waals surface area contributed by atoms with Crippen LogP contribution in [0.4, 0.5) is 0 Å². The largest absolute Gasteiger partial charge is 0.392 e. The third-order valence-corrected chi connectivity index (χ3v) is 4.20. The molecule has 0 aliphatic heterocycles. The number of hydrogen-bond acceptors (Lipinski definition) is 2. The number of fused-ring (bicyclic) bond motifs is 3. The Kier molecular flexibility index (Phi) is 2.32. The Morgan fingerprint density at radius 2 is 1.88 bits per heavy atom. The molecule has 1 aromatic rings. The number of rotatable bonds is 1. The molecule has 4 unspecified atom stereocenters. The summed E-state index contributed by atoms with van der Waals surface area (Å²) in [7, 11) is 0. The molecule has 0 amide bonds. The number of carbonyl (C=O) groups is 1. The van der Waals surface area contributed by atoms with Crippen LogP contribution in [-0.2, 0) is 4.79 Å². The quantitative estimate of drug-likeness (QED) is 0.780. The van der Waals surface area contributed by atoms with Gasteiger partial charge >= 0.3 is 0 Å². The first kappa shape index (κ1) is 10.0. The molecule has 3 fully saturated rings. The van der Waals surface area contributed by atoms with Crippen LogP contribution in [0.5, 0.6) is 0 Å². The first-order valence-corrected chi connectivity index (χ1v) is 6.03. The molecule has 0 aromatic heterocycles. The van der Waals surface area contributed by atoms with Gasteiger partial charge in [0.25, 0.3) is 0 Å². The number of aliphatic hydroxyl groups excluding tert-OH is 1. The standard InChI is InChI=1S/C14H16O2/c15-12-8-10-6-7-11(12)14(16)13(10)9-4-2-1-3-5-9/h1-5,10-11,13-14,16H,6-8H2. The van der Waals surface area contributed by atoms with Gasteiger partial charge in [-0.1, -0.05) is 30.3 Å². The first-order valence-electron chi connectivity index (χ1n) is 6.03. The number of aliphatic hydroxyl groups is 1. The van der Waals surface area contributed by atoms with Crippen LogP contribution in [0.25, 0.3) is 0 Å². The maximum absolute atomic E-state index is 11.7. The van der Waals surface area contributed by atoms with Gasteiger partial charge in [0.05, 0.1) is 6.10 Å². The molecule has 3 aliphatic carbocycles. The second-order valence-electron chi connectivity index (χ2n) is 5.04. The molecule has 16 heavy (non-hydrogen) atoms. The predicted molar refractivity (Wildman–Crippen MR) is 61.0 cm³/mol. The van der Waals surface area contributed by atoms with E-state index < -0.39 is 6.10 Å². The fourth-order valence-electron chi connectivity index (χ4n) is 3.41. The monoisotopic (exact) mass is 216 g/mol. The Hall–Kier alpha value is -1.15. The highest BCUT2D eigenvalue weighted by atomic mass is 16.3. The van der Waals surface area contributed by atoms with Crippen molar-refractivity contribution in [2.75, 3.05) is 0 Å². The summed E-state index contributed by atoms with van der Waals surface area (Å²) >= 11 is 0. The molecule has 3 aliphatic rings. The molecule has 2 heteroatoms. The molecular weight excluding hydrogens is 200 g/mol. The fraction of sp³-hybridized carbons (Fsp3) is 0.500. The molecule has 1 N–H and O–H groups in total. The Bertz CT molecular complexity index is 396. The zero-order chi connectivity index (χ0) is 11.1. The van der Waals surface area contributed by atoms with Gasteiger partial charge in [-0.3, -0.25) is 4.79 Å². The van der Waals surface area contributed by atoms with Crippen molar-refractivity contribution in [1.29, 1.82) is 0 Å². The molecule has 4 rings (SSSR count). The van der Waals surface area contributed by atoms with Crippen molar-refractivity contribution in [3.05, 3.63) is 35.9 Å². The maximum Gasteiger partial charge on any atom is 0.138 e. The van der Waals surface area contributed by atoms with Crippen molar-refractivity contribution < 1.29 is 9.90 Å². The topological polar surface area (TPSA) is 37.3 Å². The Labute approximate surface area is 95.3 Å². The van der Waals surface area contributed by atoms with Crippen molar-refractivity contribution in [3.63, 3.8) is 0 Å². The summed E-state index contributed by atoms with van der Waals surface area (Å²) in [5.74, 6) is 0.707. The SMILES string of the molecule is O=C1CC2CCC1C(O)C2c1ccccc1. The summed E-state index contributed by atoms with van der Waals surface area (Å²) in [5, 5.41) is 10.3. The number of Topliss-reactive ketones (excluding diaryl/α,β-unsaturated/α-hetero) is 1. The highest BCUT2D eigenvalue weighted by Crippen LogP contribution is 2.47. The lowest BCUT2D eigenvalue weighted by Gasteiger charge is -2.45. The molecule has 0 saturated heterocycles. The third-order valence-electron chi connectivity index (χ3n) is 4.20.